The summed E-state index contributed by atoms with van der Waals surface area (Å²) in [4.78, 5) is 24.0. The van der Waals surface area contributed by atoms with Crippen molar-refractivity contribution in [3.8, 4) is 0 Å². The monoisotopic (exact) mass is 376 g/mol. The minimum Gasteiger partial charge on any atom is -0.344 e. The number of carbonyl (C=O) groups excluding carboxylic acids is 2. The molecule has 0 heterocycles. The van der Waals surface area contributed by atoms with Gasteiger partial charge in [0.25, 0.3) is 0 Å². The molecular formula is C19H18Cl2N2O2. The van der Waals surface area contributed by atoms with Crippen LogP contribution < -0.4 is 10.6 Å². The largest absolute Gasteiger partial charge is 0.344 e. The maximum absolute atomic E-state index is 12.1. The third-order valence-electron chi connectivity index (χ3n) is 3.50. The Kier molecular flexibility index (Phi) is 6.23. The van der Waals surface area contributed by atoms with Crippen LogP contribution in [0, 0.1) is 0 Å². The van der Waals surface area contributed by atoms with Crippen LogP contribution >= 0.6 is 23.2 Å². The Labute approximate surface area is 156 Å². The first-order chi connectivity index (χ1) is 11.8. The minimum atomic E-state index is -0.553. The molecule has 6 heteroatoms. The molecule has 0 radical (unpaired) electrons. The molecule has 2 aromatic rings. The summed E-state index contributed by atoms with van der Waals surface area (Å²) in [5.74, 6) is -0.802. The van der Waals surface area contributed by atoms with Crippen molar-refractivity contribution in [1.82, 2.24) is 5.32 Å². The molecule has 0 aliphatic heterocycles. The standard InChI is InChI=1S/C19H18Cl2N2O2/c1-19(2,13-6-4-3-5-7-13)23-18(25)11-10-17(24)22-14-8-9-15(20)16(21)12-14/h3-12H,1-2H3,(H,22,24)(H,23,25)/b11-10-. The van der Waals surface area contributed by atoms with Gasteiger partial charge in [0.05, 0.1) is 15.6 Å². The second-order valence-corrected chi connectivity index (χ2v) is 6.75. The molecule has 0 saturated heterocycles. The molecule has 0 aromatic heterocycles. The summed E-state index contributed by atoms with van der Waals surface area (Å²) in [5, 5.41) is 6.21. The molecular weight excluding hydrogens is 359 g/mol. The lowest BCUT2D eigenvalue weighted by Gasteiger charge is -2.26. The Hall–Kier alpha value is -2.30. The molecule has 0 bridgehead atoms. The number of carbonyl (C=O) groups is 2. The number of benzene rings is 2. The van der Waals surface area contributed by atoms with Crippen molar-refractivity contribution in [2.75, 3.05) is 5.32 Å². The number of anilines is 1. The van der Waals surface area contributed by atoms with E-state index < -0.39 is 11.4 Å². The van der Waals surface area contributed by atoms with Gasteiger partial charge < -0.3 is 10.6 Å². The van der Waals surface area contributed by atoms with E-state index >= 15 is 0 Å². The van der Waals surface area contributed by atoms with E-state index in [9.17, 15) is 9.59 Å². The summed E-state index contributed by atoms with van der Waals surface area (Å²) >= 11 is 11.7. The van der Waals surface area contributed by atoms with Gasteiger partial charge in [-0.15, -0.1) is 0 Å². The van der Waals surface area contributed by atoms with Crippen LogP contribution in [0.15, 0.2) is 60.7 Å². The molecule has 0 saturated carbocycles. The average molecular weight is 377 g/mol. The zero-order chi connectivity index (χ0) is 18.4. The highest BCUT2D eigenvalue weighted by Gasteiger charge is 2.21. The summed E-state index contributed by atoms with van der Waals surface area (Å²) in [6.45, 7) is 3.79. The topological polar surface area (TPSA) is 58.2 Å². The van der Waals surface area contributed by atoms with Gasteiger partial charge in [-0.3, -0.25) is 9.59 Å². The van der Waals surface area contributed by atoms with Gasteiger partial charge in [-0.1, -0.05) is 53.5 Å². The molecule has 0 aliphatic carbocycles. The zero-order valence-corrected chi connectivity index (χ0v) is 15.4. The number of nitrogens with one attached hydrogen (secondary N) is 2. The van der Waals surface area contributed by atoms with Crippen molar-refractivity contribution in [3.05, 3.63) is 76.3 Å². The van der Waals surface area contributed by atoms with E-state index in [1.165, 1.54) is 18.2 Å². The van der Waals surface area contributed by atoms with E-state index in [4.69, 9.17) is 23.2 Å². The van der Waals surface area contributed by atoms with Crippen molar-refractivity contribution < 1.29 is 9.59 Å². The van der Waals surface area contributed by atoms with E-state index in [0.717, 1.165) is 5.56 Å². The molecule has 2 rings (SSSR count). The number of halogens is 2. The van der Waals surface area contributed by atoms with Gasteiger partial charge >= 0.3 is 0 Å². The normalized spacial score (nSPS) is 11.4. The van der Waals surface area contributed by atoms with E-state index in [2.05, 4.69) is 10.6 Å². The number of hydrogen-bond acceptors (Lipinski definition) is 2. The summed E-state index contributed by atoms with van der Waals surface area (Å²) in [7, 11) is 0. The van der Waals surface area contributed by atoms with Crippen LogP contribution in [0.3, 0.4) is 0 Å². The smallest absolute Gasteiger partial charge is 0.248 e. The van der Waals surface area contributed by atoms with Crippen LogP contribution in [0.4, 0.5) is 5.69 Å². The van der Waals surface area contributed by atoms with Gasteiger partial charge in [0.15, 0.2) is 0 Å². The lowest BCUT2D eigenvalue weighted by atomic mass is 9.94. The molecule has 0 spiro atoms. The number of amides is 2. The van der Waals surface area contributed by atoms with E-state index in [-0.39, 0.29) is 5.91 Å². The van der Waals surface area contributed by atoms with Crippen molar-refractivity contribution in [2.24, 2.45) is 0 Å². The Balaban J connectivity index is 1.95. The van der Waals surface area contributed by atoms with Crippen molar-refractivity contribution in [3.63, 3.8) is 0 Å². The van der Waals surface area contributed by atoms with Crippen molar-refractivity contribution in [2.45, 2.75) is 19.4 Å². The summed E-state index contributed by atoms with van der Waals surface area (Å²) < 4.78 is 0. The highest BCUT2D eigenvalue weighted by atomic mass is 35.5. The molecule has 2 N–H and O–H groups in total. The van der Waals surface area contributed by atoms with Crippen LogP contribution in [0.25, 0.3) is 0 Å². The minimum absolute atomic E-state index is 0.339. The van der Waals surface area contributed by atoms with Crippen molar-refractivity contribution >= 4 is 40.7 Å². The van der Waals surface area contributed by atoms with Crippen LogP contribution in [0.2, 0.25) is 10.0 Å². The van der Waals surface area contributed by atoms with Gasteiger partial charge in [-0.05, 0) is 37.6 Å². The van der Waals surface area contributed by atoms with Crippen LogP contribution in [-0.2, 0) is 15.1 Å². The van der Waals surface area contributed by atoms with Crippen LogP contribution in [0.5, 0.6) is 0 Å². The molecule has 0 atom stereocenters. The SMILES string of the molecule is CC(C)(NC(=O)/C=C\C(=O)Nc1ccc(Cl)c(Cl)c1)c1ccccc1. The van der Waals surface area contributed by atoms with Crippen LogP contribution in [0.1, 0.15) is 19.4 Å². The molecule has 0 fully saturated rings. The fourth-order valence-corrected chi connectivity index (χ4v) is 2.48. The molecule has 4 nitrogen and oxygen atoms in total. The second kappa shape index (κ2) is 8.19. The fourth-order valence-electron chi connectivity index (χ4n) is 2.19. The molecule has 0 aliphatic rings. The van der Waals surface area contributed by atoms with Crippen LogP contribution in [-0.4, -0.2) is 11.8 Å². The third kappa shape index (κ3) is 5.62. The van der Waals surface area contributed by atoms with Gasteiger partial charge in [0.1, 0.15) is 0 Å². The first kappa shape index (κ1) is 19.0. The molecule has 2 aromatic carbocycles. The Morgan fingerprint density at radius 3 is 2.20 bits per heavy atom. The zero-order valence-electron chi connectivity index (χ0n) is 13.8. The Morgan fingerprint density at radius 1 is 0.920 bits per heavy atom. The molecule has 25 heavy (non-hydrogen) atoms. The lowest BCUT2D eigenvalue weighted by Crippen LogP contribution is -2.40. The number of hydrogen-bond donors (Lipinski definition) is 2. The Bertz CT molecular complexity index is 802. The predicted octanol–water partition coefficient (Wildman–Crippen LogP) is 4.54. The van der Waals surface area contributed by atoms with E-state index in [0.29, 0.717) is 15.7 Å². The quantitative estimate of drug-likeness (QED) is 0.752. The molecule has 0 unspecified atom stereocenters. The highest BCUT2D eigenvalue weighted by Crippen LogP contribution is 2.25. The summed E-state index contributed by atoms with van der Waals surface area (Å²) in [5.41, 5.74) is 0.911. The van der Waals surface area contributed by atoms with E-state index in [1.54, 1.807) is 12.1 Å². The summed E-state index contributed by atoms with van der Waals surface area (Å²) in [6.07, 6.45) is 2.36. The van der Waals surface area contributed by atoms with Crippen molar-refractivity contribution in [1.29, 1.82) is 0 Å². The number of rotatable bonds is 5. The van der Waals surface area contributed by atoms with Gasteiger partial charge in [0, 0.05) is 17.8 Å². The predicted molar refractivity (Wildman–Crippen MR) is 102 cm³/mol. The lowest BCUT2D eigenvalue weighted by molar-refractivity contribution is -0.118. The molecule has 130 valence electrons. The van der Waals surface area contributed by atoms with Gasteiger partial charge in [0.2, 0.25) is 11.8 Å². The third-order valence-corrected chi connectivity index (χ3v) is 4.24. The first-order valence-electron chi connectivity index (χ1n) is 7.60. The average Bonchev–Trinajstić information content (AvgIpc) is 2.57. The first-order valence-corrected chi connectivity index (χ1v) is 8.35. The maximum atomic E-state index is 12.1. The maximum Gasteiger partial charge on any atom is 0.248 e. The molecule has 2 amide bonds. The summed E-state index contributed by atoms with van der Waals surface area (Å²) in [6, 6.07) is 14.3. The van der Waals surface area contributed by atoms with Gasteiger partial charge in [-0.25, -0.2) is 0 Å². The Morgan fingerprint density at radius 2 is 1.56 bits per heavy atom. The fraction of sp³-hybridized carbons (Fsp3) is 0.158. The van der Waals surface area contributed by atoms with Gasteiger partial charge in [-0.2, -0.15) is 0 Å². The van der Waals surface area contributed by atoms with E-state index in [1.807, 2.05) is 44.2 Å². The second-order valence-electron chi connectivity index (χ2n) is 5.93. The highest BCUT2D eigenvalue weighted by molar-refractivity contribution is 6.42.